The highest BCUT2D eigenvalue weighted by molar-refractivity contribution is 6.09. The van der Waals surface area contributed by atoms with Crippen LogP contribution in [-0.2, 0) is 0 Å². The van der Waals surface area contributed by atoms with Crippen LogP contribution in [0, 0.1) is 13.8 Å². The maximum absolute atomic E-state index is 5.13. The van der Waals surface area contributed by atoms with Gasteiger partial charge in [-0.2, -0.15) is 5.10 Å². The number of fused-ring (bicyclic) bond motifs is 3. The summed E-state index contributed by atoms with van der Waals surface area (Å²) in [6.07, 6.45) is 0. The third-order valence-electron chi connectivity index (χ3n) is 7.41. The Kier molecular flexibility index (Phi) is 5.22. The molecule has 38 heavy (non-hydrogen) atoms. The number of aromatic nitrogens is 3. The summed E-state index contributed by atoms with van der Waals surface area (Å²) in [7, 11) is 0. The Labute approximate surface area is 222 Å². The van der Waals surface area contributed by atoms with Gasteiger partial charge in [0, 0.05) is 27.6 Å². The zero-order valence-electron chi connectivity index (χ0n) is 21.5. The Morgan fingerprint density at radius 2 is 1.00 bits per heavy atom. The van der Waals surface area contributed by atoms with E-state index in [2.05, 4.69) is 144 Å². The van der Waals surface area contributed by atoms with Crippen LogP contribution in [0.2, 0.25) is 0 Å². The molecule has 0 spiro atoms. The number of nitrogens with zero attached hydrogens (tertiary/aromatic N) is 3. The Balaban J connectivity index is 1.45. The van der Waals surface area contributed by atoms with Gasteiger partial charge in [0.25, 0.3) is 0 Å². The zero-order valence-corrected chi connectivity index (χ0v) is 21.5. The van der Waals surface area contributed by atoms with Crippen LogP contribution in [0.1, 0.15) is 11.1 Å². The first-order valence-corrected chi connectivity index (χ1v) is 13.0. The van der Waals surface area contributed by atoms with Gasteiger partial charge in [-0.15, -0.1) is 0 Å². The Hall–Kier alpha value is -4.89. The van der Waals surface area contributed by atoms with Gasteiger partial charge in [0.05, 0.1) is 28.1 Å². The predicted octanol–water partition coefficient (Wildman–Crippen LogP) is 8.92. The van der Waals surface area contributed by atoms with Crippen molar-refractivity contribution in [2.75, 3.05) is 0 Å². The molecule has 0 N–H and O–H groups in total. The molecule has 182 valence electrons. The summed E-state index contributed by atoms with van der Waals surface area (Å²) in [4.78, 5) is 0. The van der Waals surface area contributed by atoms with E-state index < -0.39 is 0 Å². The highest BCUT2D eigenvalue weighted by Gasteiger charge is 2.18. The smallest absolute Gasteiger partial charge is 0.0934 e. The molecule has 0 amide bonds. The number of benzene rings is 5. The molecule has 5 aromatic carbocycles. The molecule has 0 saturated carbocycles. The normalized spacial score (nSPS) is 11.4. The van der Waals surface area contributed by atoms with E-state index in [0.29, 0.717) is 0 Å². The first-order chi connectivity index (χ1) is 18.7. The van der Waals surface area contributed by atoms with Crippen LogP contribution in [-0.4, -0.2) is 14.3 Å². The average Bonchev–Trinajstić information content (AvgIpc) is 3.55. The van der Waals surface area contributed by atoms with Gasteiger partial charge in [-0.3, -0.25) is 0 Å². The molecule has 2 aromatic heterocycles. The summed E-state index contributed by atoms with van der Waals surface area (Å²) in [5.41, 5.74) is 11.4. The summed E-state index contributed by atoms with van der Waals surface area (Å²) in [5.74, 6) is 0. The minimum atomic E-state index is 0.966. The number of aryl methyl sites for hydroxylation is 2. The van der Waals surface area contributed by atoms with E-state index >= 15 is 0 Å². The molecule has 7 rings (SSSR count). The van der Waals surface area contributed by atoms with Crippen molar-refractivity contribution in [3.8, 4) is 33.9 Å². The lowest BCUT2D eigenvalue weighted by molar-refractivity contribution is 0.880. The molecule has 0 atom stereocenters. The van der Waals surface area contributed by atoms with Crippen molar-refractivity contribution in [1.29, 1.82) is 0 Å². The van der Waals surface area contributed by atoms with E-state index in [1.165, 1.54) is 38.6 Å². The van der Waals surface area contributed by atoms with Gasteiger partial charge in [0.1, 0.15) is 0 Å². The molecule has 0 unspecified atom stereocenters. The van der Waals surface area contributed by atoms with Gasteiger partial charge in [-0.1, -0.05) is 97.1 Å². The molecular weight excluding hydrogens is 462 g/mol. The van der Waals surface area contributed by atoms with Gasteiger partial charge in [-0.05, 0) is 55.3 Å². The summed E-state index contributed by atoms with van der Waals surface area (Å²) in [5, 5.41) is 7.68. The van der Waals surface area contributed by atoms with E-state index in [4.69, 9.17) is 5.10 Å². The minimum Gasteiger partial charge on any atom is -0.309 e. The summed E-state index contributed by atoms with van der Waals surface area (Å²) in [6, 6.07) is 45.0. The topological polar surface area (TPSA) is 22.8 Å². The quantitative estimate of drug-likeness (QED) is 0.242. The zero-order chi connectivity index (χ0) is 25.6. The van der Waals surface area contributed by atoms with Crippen LogP contribution in [0.4, 0.5) is 0 Å². The molecule has 0 radical (unpaired) electrons. The molecule has 0 fully saturated rings. The van der Waals surface area contributed by atoms with Crippen LogP contribution in [0.5, 0.6) is 0 Å². The third-order valence-corrected chi connectivity index (χ3v) is 7.41. The average molecular weight is 490 g/mol. The lowest BCUT2D eigenvalue weighted by Gasteiger charge is -2.17. The second kappa shape index (κ2) is 8.89. The second-order valence-corrected chi connectivity index (χ2v) is 9.85. The van der Waals surface area contributed by atoms with Crippen LogP contribution < -0.4 is 0 Å². The number of para-hydroxylation sites is 2. The molecule has 3 heteroatoms. The number of hydrogen-bond donors (Lipinski definition) is 0. The maximum Gasteiger partial charge on any atom is 0.0934 e. The molecule has 0 aliphatic rings. The molecular formula is C35H27N3. The lowest BCUT2D eigenvalue weighted by Crippen LogP contribution is -2.05. The Morgan fingerprint density at radius 3 is 1.63 bits per heavy atom. The standard InChI is InChI=1S/C35H27N3/c1-24-22-34(38-35(27-15-7-4-8-16-27)23-30(36-38)26-13-5-3-6-14-26)25(2)21-33(24)37-31-19-11-9-17-28(31)29-18-10-12-20-32(29)37/h3-23H,1-2H3. The largest absolute Gasteiger partial charge is 0.309 e. The lowest BCUT2D eigenvalue weighted by atomic mass is 10.1. The van der Waals surface area contributed by atoms with Crippen LogP contribution in [0.3, 0.4) is 0 Å². The highest BCUT2D eigenvalue weighted by atomic mass is 15.3. The number of hydrogen-bond acceptors (Lipinski definition) is 1. The fourth-order valence-electron chi connectivity index (χ4n) is 5.57. The van der Waals surface area contributed by atoms with Crippen molar-refractivity contribution in [2.45, 2.75) is 13.8 Å². The predicted molar refractivity (Wildman–Crippen MR) is 158 cm³/mol. The van der Waals surface area contributed by atoms with Gasteiger partial charge >= 0.3 is 0 Å². The molecule has 0 bridgehead atoms. The first kappa shape index (κ1) is 22.3. The molecule has 0 aliphatic carbocycles. The van der Waals surface area contributed by atoms with Crippen LogP contribution in [0.15, 0.2) is 127 Å². The maximum atomic E-state index is 5.13. The van der Waals surface area contributed by atoms with Crippen molar-refractivity contribution in [2.24, 2.45) is 0 Å². The highest BCUT2D eigenvalue weighted by Crippen LogP contribution is 2.35. The van der Waals surface area contributed by atoms with Gasteiger partial charge in [-0.25, -0.2) is 4.68 Å². The monoisotopic (exact) mass is 489 g/mol. The molecule has 3 nitrogen and oxygen atoms in total. The number of rotatable bonds is 4. The third kappa shape index (κ3) is 3.55. The van der Waals surface area contributed by atoms with Crippen LogP contribution >= 0.6 is 0 Å². The van der Waals surface area contributed by atoms with E-state index in [-0.39, 0.29) is 0 Å². The summed E-state index contributed by atoms with van der Waals surface area (Å²) < 4.78 is 4.50. The Bertz CT molecular complexity index is 1870. The van der Waals surface area contributed by atoms with E-state index in [1.807, 2.05) is 6.07 Å². The Morgan fingerprint density at radius 1 is 0.500 bits per heavy atom. The minimum absolute atomic E-state index is 0.966. The fraction of sp³-hybridized carbons (Fsp3) is 0.0571. The van der Waals surface area contributed by atoms with E-state index in [0.717, 1.165) is 28.2 Å². The molecule has 7 aromatic rings. The van der Waals surface area contributed by atoms with Gasteiger partial charge < -0.3 is 4.57 Å². The molecule has 0 saturated heterocycles. The van der Waals surface area contributed by atoms with E-state index in [1.54, 1.807) is 0 Å². The summed E-state index contributed by atoms with van der Waals surface area (Å²) in [6.45, 7) is 4.39. The summed E-state index contributed by atoms with van der Waals surface area (Å²) >= 11 is 0. The van der Waals surface area contributed by atoms with Crippen molar-refractivity contribution < 1.29 is 0 Å². The van der Waals surface area contributed by atoms with Gasteiger partial charge in [0.15, 0.2) is 0 Å². The van der Waals surface area contributed by atoms with E-state index in [9.17, 15) is 0 Å². The van der Waals surface area contributed by atoms with Crippen molar-refractivity contribution in [3.05, 3.63) is 139 Å². The fourth-order valence-corrected chi connectivity index (χ4v) is 5.57. The first-order valence-electron chi connectivity index (χ1n) is 13.0. The SMILES string of the molecule is Cc1cc(-n2c3ccccc3c3ccccc32)c(C)cc1-n1nc(-c2ccccc2)cc1-c1ccccc1. The second-order valence-electron chi connectivity index (χ2n) is 9.85. The molecule has 2 heterocycles. The van der Waals surface area contributed by atoms with Crippen molar-refractivity contribution in [1.82, 2.24) is 14.3 Å². The molecule has 0 aliphatic heterocycles. The van der Waals surface area contributed by atoms with Gasteiger partial charge in [0.2, 0.25) is 0 Å². The van der Waals surface area contributed by atoms with Crippen LogP contribution in [0.25, 0.3) is 55.7 Å². The van der Waals surface area contributed by atoms with Crippen molar-refractivity contribution in [3.63, 3.8) is 0 Å². The van der Waals surface area contributed by atoms with Crippen molar-refractivity contribution >= 4 is 21.8 Å².